The summed E-state index contributed by atoms with van der Waals surface area (Å²) in [7, 11) is 0. The molecule has 0 saturated heterocycles. The number of nitrogens with zero attached hydrogens (tertiary/aromatic N) is 3. The number of fused-ring (bicyclic) bond motifs is 1. The normalized spacial score (nSPS) is 10.6. The van der Waals surface area contributed by atoms with E-state index in [1.165, 1.54) is 44.2 Å². The molecule has 0 aliphatic heterocycles. The van der Waals surface area contributed by atoms with Gasteiger partial charge in [0.05, 0.1) is 6.42 Å². The van der Waals surface area contributed by atoms with E-state index in [-0.39, 0.29) is 12.3 Å². The van der Waals surface area contributed by atoms with Crippen LogP contribution in [0.3, 0.4) is 0 Å². The highest BCUT2D eigenvalue weighted by Gasteiger charge is 2.10. The third-order valence-corrected chi connectivity index (χ3v) is 4.43. The van der Waals surface area contributed by atoms with Crippen molar-refractivity contribution in [1.82, 2.24) is 5.32 Å². The summed E-state index contributed by atoms with van der Waals surface area (Å²) in [5.41, 5.74) is 9.24. The van der Waals surface area contributed by atoms with E-state index in [1.54, 1.807) is 12.1 Å². The van der Waals surface area contributed by atoms with E-state index in [0.29, 0.717) is 28.8 Å². The molecule has 0 aliphatic carbocycles. The van der Waals surface area contributed by atoms with Crippen LogP contribution in [-0.2, 0) is 11.2 Å². The Morgan fingerprint density at radius 1 is 1.15 bits per heavy atom. The first-order valence-corrected chi connectivity index (χ1v) is 9.52. The lowest BCUT2D eigenvalue weighted by atomic mass is 10.1. The second-order valence-corrected chi connectivity index (χ2v) is 6.61. The molecular weight excluding hydrogens is 344 g/mol. The lowest BCUT2D eigenvalue weighted by Crippen LogP contribution is -2.26. The molecule has 0 saturated carbocycles. The highest BCUT2D eigenvalue weighted by Crippen LogP contribution is 2.23. The Morgan fingerprint density at radius 2 is 1.89 bits per heavy atom. The van der Waals surface area contributed by atoms with Crippen molar-refractivity contribution < 1.29 is 9.21 Å². The Morgan fingerprint density at radius 3 is 2.63 bits per heavy atom. The van der Waals surface area contributed by atoms with Crippen LogP contribution >= 0.6 is 0 Å². The fraction of sp³-hybridized carbons (Fsp3) is 0.500. The molecule has 0 fully saturated rings. The van der Waals surface area contributed by atoms with Crippen LogP contribution in [-0.4, -0.2) is 12.5 Å². The Balaban J connectivity index is 1.89. The van der Waals surface area contributed by atoms with Crippen molar-refractivity contribution in [1.29, 1.82) is 0 Å². The first-order chi connectivity index (χ1) is 13.1. The smallest absolute Gasteiger partial charge is 0.336 e. The van der Waals surface area contributed by atoms with Gasteiger partial charge in [-0.25, -0.2) is 4.79 Å². The number of nitrogens with one attached hydrogen (secondary N) is 1. The second kappa shape index (κ2) is 11.0. The second-order valence-electron chi connectivity index (χ2n) is 6.61. The van der Waals surface area contributed by atoms with Crippen LogP contribution in [0.2, 0.25) is 0 Å². The zero-order valence-corrected chi connectivity index (χ0v) is 15.7. The Hall–Kier alpha value is -2.79. The maximum atomic E-state index is 12.2. The van der Waals surface area contributed by atoms with Crippen molar-refractivity contribution >= 4 is 22.6 Å². The molecule has 1 N–H and O–H groups in total. The highest BCUT2D eigenvalue weighted by atomic mass is 16.4. The molecule has 2 aromatic rings. The molecule has 1 amide bonds. The molecule has 1 heterocycles. The molecule has 0 aliphatic rings. The zero-order valence-electron chi connectivity index (χ0n) is 15.7. The van der Waals surface area contributed by atoms with Crippen molar-refractivity contribution in [3.8, 4) is 0 Å². The van der Waals surface area contributed by atoms with E-state index in [9.17, 15) is 9.59 Å². The van der Waals surface area contributed by atoms with Gasteiger partial charge >= 0.3 is 5.63 Å². The highest BCUT2D eigenvalue weighted by molar-refractivity contribution is 5.88. The van der Waals surface area contributed by atoms with Crippen molar-refractivity contribution in [2.75, 3.05) is 6.54 Å². The van der Waals surface area contributed by atoms with Crippen LogP contribution in [0.1, 0.15) is 57.4 Å². The van der Waals surface area contributed by atoms with Gasteiger partial charge in [0.2, 0.25) is 5.91 Å². The van der Waals surface area contributed by atoms with Gasteiger partial charge < -0.3 is 9.73 Å². The predicted molar refractivity (Wildman–Crippen MR) is 106 cm³/mol. The van der Waals surface area contributed by atoms with E-state index in [2.05, 4.69) is 22.3 Å². The molecule has 144 valence electrons. The minimum atomic E-state index is -0.532. The molecule has 2 rings (SSSR count). The number of carbonyl (C=O) groups is 1. The molecule has 1 aromatic heterocycles. The molecule has 0 spiro atoms. The van der Waals surface area contributed by atoms with Gasteiger partial charge in [-0.3, -0.25) is 4.79 Å². The third-order valence-electron chi connectivity index (χ3n) is 4.43. The number of rotatable bonds is 11. The summed E-state index contributed by atoms with van der Waals surface area (Å²) in [6, 6.07) is 6.16. The molecule has 0 radical (unpaired) electrons. The number of hydrogen-bond donors (Lipinski definition) is 1. The standard InChI is InChI=1S/C20H26N4O3/c1-2-3-4-5-6-7-8-11-22-19(25)12-15-13-20(26)27-18-14-16(23-24-21)9-10-17(15)18/h9-10,13-14H,2-8,11-12H2,1H3,(H,22,25). The summed E-state index contributed by atoms with van der Waals surface area (Å²) in [4.78, 5) is 26.7. The number of azide groups is 1. The van der Waals surface area contributed by atoms with Gasteiger partial charge in [0, 0.05) is 28.6 Å². The maximum absolute atomic E-state index is 12.2. The predicted octanol–water partition coefficient (Wildman–Crippen LogP) is 5.14. The summed E-state index contributed by atoms with van der Waals surface area (Å²) in [6.45, 7) is 2.85. The van der Waals surface area contributed by atoms with Crippen LogP contribution in [0.5, 0.6) is 0 Å². The Labute approximate surface area is 158 Å². The SMILES string of the molecule is CCCCCCCCCNC(=O)Cc1cc(=O)oc2cc(N=[N+]=[N-])ccc12. The zero-order chi connectivity index (χ0) is 19.5. The molecule has 27 heavy (non-hydrogen) atoms. The fourth-order valence-corrected chi connectivity index (χ4v) is 3.02. The van der Waals surface area contributed by atoms with Crippen molar-refractivity contribution in [2.45, 2.75) is 58.3 Å². The van der Waals surface area contributed by atoms with Gasteiger partial charge in [-0.05, 0) is 23.6 Å². The van der Waals surface area contributed by atoms with Crippen LogP contribution < -0.4 is 10.9 Å². The van der Waals surface area contributed by atoms with Gasteiger partial charge in [0.25, 0.3) is 0 Å². The van der Waals surface area contributed by atoms with Gasteiger partial charge in [-0.1, -0.05) is 62.7 Å². The van der Waals surface area contributed by atoms with E-state index in [4.69, 9.17) is 9.95 Å². The number of benzene rings is 1. The minimum Gasteiger partial charge on any atom is -0.423 e. The van der Waals surface area contributed by atoms with Crippen molar-refractivity contribution in [3.05, 3.63) is 50.7 Å². The fourth-order valence-electron chi connectivity index (χ4n) is 3.02. The molecule has 0 unspecified atom stereocenters. The first kappa shape index (κ1) is 20.5. The number of amides is 1. The topological polar surface area (TPSA) is 108 Å². The Bertz CT molecular complexity index is 869. The van der Waals surface area contributed by atoms with Gasteiger partial charge in [-0.2, -0.15) is 0 Å². The Kier molecular flexibility index (Phi) is 8.39. The van der Waals surface area contributed by atoms with E-state index >= 15 is 0 Å². The van der Waals surface area contributed by atoms with Gasteiger partial charge in [-0.15, -0.1) is 0 Å². The summed E-state index contributed by atoms with van der Waals surface area (Å²) < 4.78 is 5.15. The number of carbonyl (C=O) groups excluding carboxylic acids is 1. The summed E-state index contributed by atoms with van der Waals surface area (Å²) >= 11 is 0. The van der Waals surface area contributed by atoms with Gasteiger partial charge in [0.1, 0.15) is 5.58 Å². The van der Waals surface area contributed by atoms with Crippen molar-refractivity contribution in [2.24, 2.45) is 5.11 Å². The average molecular weight is 370 g/mol. The summed E-state index contributed by atoms with van der Waals surface area (Å²) in [6.07, 6.45) is 8.47. The maximum Gasteiger partial charge on any atom is 0.336 e. The molecular formula is C20H26N4O3. The third kappa shape index (κ3) is 6.79. The molecule has 7 nitrogen and oxygen atoms in total. The number of unbranched alkanes of at least 4 members (excludes halogenated alkanes) is 6. The molecule has 0 atom stereocenters. The minimum absolute atomic E-state index is 0.111. The average Bonchev–Trinajstić information content (AvgIpc) is 2.64. The van der Waals surface area contributed by atoms with Crippen LogP contribution in [0.25, 0.3) is 21.4 Å². The van der Waals surface area contributed by atoms with E-state index in [0.717, 1.165) is 12.8 Å². The monoisotopic (exact) mass is 370 g/mol. The first-order valence-electron chi connectivity index (χ1n) is 9.52. The summed E-state index contributed by atoms with van der Waals surface area (Å²) in [5, 5.41) is 7.07. The van der Waals surface area contributed by atoms with E-state index < -0.39 is 5.63 Å². The van der Waals surface area contributed by atoms with Crippen LogP contribution in [0, 0.1) is 0 Å². The molecule has 7 heteroatoms. The lowest BCUT2D eigenvalue weighted by Gasteiger charge is -2.07. The lowest BCUT2D eigenvalue weighted by molar-refractivity contribution is -0.120. The largest absolute Gasteiger partial charge is 0.423 e. The van der Waals surface area contributed by atoms with Crippen LogP contribution in [0.15, 0.2) is 38.6 Å². The van der Waals surface area contributed by atoms with Crippen molar-refractivity contribution in [3.63, 3.8) is 0 Å². The molecule has 0 bridgehead atoms. The van der Waals surface area contributed by atoms with Gasteiger partial charge in [0.15, 0.2) is 0 Å². The quantitative estimate of drug-likeness (QED) is 0.194. The molecule has 1 aromatic carbocycles. The van der Waals surface area contributed by atoms with E-state index in [1.807, 2.05) is 0 Å². The number of hydrogen-bond acceptors (Lipinski definition) is 4. The van der Waals surface area contributed by atoms with Crippen LogP contribution in [0.4, 0.5) is 5.69 Å². The summed E-state index contributed by atoms with van der Waals surface area (Å²) in [5.74, 6) is -0.119.